The maximum absolute atomic E-state index is 12.0. The molecule has 8 heteroatoms. The van der Waals surface area contributed by atoms with E-state index in [2.05, 4.69) is 28.4 Å². The van der Waals surface area contributed by atoms with E-state index in [4.69, 9.17) is 5.73 Å². The normalized spacial score (nSPS) is 12.0. The number of hydrogen-bond donors (Lipinski definition) is 2. The third kappa shape index (κ3) is 4.32. The molecule has 0 saturated heterocycles. The molecule has 0 radical (unpaired) electrons. The Morgan fingerprint density at radius 2 is 1.95 bits per heavy atom. The summed E-state index contributed by atoms with van der Waals surface area (Å²) in [5.74, 6) is 0.132. The highest BCUT2D eigenvalue weighted by atomic mass is 32.2. The number of aromatic nitrogens is 1. The van der Waals surface area contributed by atoms with Gasteiger partial charge < -0.3 is 16.0 Å². The van der Waals surface area contributed by atoms with E-state index in [1.54, 1.807) is 6.92 Å². The maximum atomic E-state index is 12.0. The van der Waals surface area contributed by atoms with Gasteiger partial charge in [-0.1, -0.05) is 20.8 Å². The molecule has 0 spiro atoms. The zero-order valence-electron chi connectivity index (χ0n) is 12.3. The first-order valence-electron chi connectivity index (χ1n) is 6.90. The Morgan fingerprint density at radius 3 is 2.50 bits per heavy atom. The van der Waals surface area contributed by atoms with E-state index < -0.39 is 9.84 Å². The number of sulfone groups is 1. The number of nitrogen functional groups attached to an aromatic ring is 1. The van der Waals surface area contributed by atoms with Gasteiger partial charge in [0.15, 0.2) is 15.7 Å². The minimum absolute atomic E-state index is 0.0315. The van der Waals surface area contributed by atoms with Gasteiger partial charge in [0, 0.05) is 6.54 Å². The van der Waals surface area contributed by atoms with Crippen LogP contribution < -0.4 is 11.1 Å². The Balaban J connectivity index is 2.62. The van der Waals surface area contributed by atoms with Gasteiger partial charge in [-0.2, -0.15) is 4.37 Å². The summed E-state index contributed by atoms with van der Waals surface area (Å²) in [6.45, 7) is 9.63. The van der Waals surface area contributed by atoms with E-state index in [-0.39, 0.29) is 16.5 Å². The van der Waals surface area contributed by atoms with Crippen molar-refractivity contribution in [3.8, 4) is 0 Å². The molecule has 20 heavy (non-hydrogen) atoms. The third-order valence-corrected chi connectivity index (χ3v) is 5.94. The summed E-state index contributed by atoms with van der Waals surface area (Å²) in [4.78, 5) is 2.49. The van der Waals surface area contributed by atoms with Crippen LogP contribution in [0, 0.1) is 0 Å². The van der Waals surface area contributed by atoms with Crippen molar-refractivity contribution in [2.45, 2.75) is 32.1 Å². The smallest absolute Gasteiger partial charge is 0.184 e. The quantitative estimate of drug-likeness (QED) is 0.673. The zero-order valence-corrected chi connectivity index (χ0v) is 14.0. The minimum atomic E-state index is -3.33. The highest BCUT2D eigenvalue weighted by Gasteiger charge is 2.23. The van der Waals surface area contributed by atoms with Crippen molar-refractivity contribution in [1.82, 2.24) is 9.27 Å². The van der Waals surface area contributed by atoms with Gasteiger partial charge in [0.25, 0.3) is 0 Å². The van der Waals surface area contributed by atoms with Crippen molar-refractivity contribution >= 4 is 32.2 Å². The molecule has 0 bridgehead atoms. The first-order valence-corrected chi connectivity index (χ1v) is 9.32. The van der Waals surface area contributed by atoms with Gasteiger partial charge in [0.1, 0.15) is 9.90 Å². The van der Waals surface area contributed by atoms with Crippen LogP contribution in [0.3, 0.4) is 0 Å². The SMILES string of the molecule is CCN(CC)CCCNc1snc(N)c1S(=O)(=O)CC. The third-order valence-electron chi connectivity index (χ3n) is 3.20. The molecule has 0 unspecified atom stereocenters. The fourth-order valence-corrected chi connectivity index (χ4v) is 4.09. The van der Waals surface area contributed by atoms with Crippen molar-refractivity contribution < 1.29 is 8.42 Å². The molecule has 0 aliphatic carbocycles. The average molecular weight is 320 g/mol. The molecule has 0 saturated carbocycles. The second-order valence-electron chi connectivity index (χ2n) is 4.44. The molecule has 0 aromatic carbocycles. The van der Waals surface area contributed by atoms with Crippen molar-refractivity contribution in [2.24, 2.45) is 0 Å². The highest BCUT2D eigenvalue weighted by Crippen LogP contribution is 2.32. The summed E-state index contributed by atoms with van der Waals surface area (Å²) >= 11 is 1.11. The number of anilines is 2. The van der Waals surface area contributed by atoms with E-state index >= 15 is 0 Å². The minimum Gasteiger partial charge on any atom is -0.382 e. The molecule has 0 aliphatic rings. The fourth-order valence-electron chi connectivity index (χ4n) is 1.90. The summed E-state index contributed by atoms with van der Waals surface area (Å²) in [7, 11) is -3.33. The predicted octanol–water partition coefficient (Wildman–Crippen LogP) is 1.66. The van der Waals surface area contributed by atoms with E-state index in [1.165, 1.54) is 0 Å². The molecule has 116 valence electrons. The Labute approximate surface area is 125 Å². The summed E-state index contributed by atoms with van der Waals surface area (Å²) in [5, 5.41) is 3.71. The van der Waals surface area contributed by atoms with Gasteiger partial charge in [-0.05, 0) is 37.6 Å². The van der Waals surface area contributed by atoms with Gasteiger partial charge in [0.2, 0.25) is 0 Å². The fraction of sp³-hybridized carbons (Fsp3) is 0.750. The van der Waals surface area contributed by atoms with Gasteiger partial charge in [-0.15, -0.1) is 0 Å². The lowest BCUT2D eigenvalue weighted by Crippen LogP contribution is -2.25. The molecule has 1 aromatic heterocycles. The number of nitrogens with one attached hydrogen (secondary N) is 1. The molecule has 0 fully saturated rings. The van der Waals surface area contributed by atoms with Crippen LogP contribution in [0.1, 0.15) is 27.2 Å². The Morgan fingerprint density at radius 1 is 1.30 bits per heavy atom. The van der Waals surface area contributed by atoms with Crippen LogP contribution in [-0.4, -0.2) is 49.6 Å². The van der Waals surface area contributed by atoms with Crippen LogP contribution in [0.25, 0.3) is 0 Å². The molecular formula is C12H24N4O2S2. The van der Waals surface area contributed by atoms with E-state index in [0.717, 1.165) is 37.6 Å². The second-order valence-corrected chi connectivity index (χ2v) is 7.43. The Bertz CT molecular complexity index is 510. The monoisotopic (exact) mass is 320 g/mol. The summed E-state index contributed by atoms with van der Waals surface area (Å²) in [6, 6.07) is 0. The number of hydrogen-bond acceptors (Lipinski definition) is 7. The summed E-state index contributed by atoms with van der Waals surface area (Å²) < 4.78 is 27.9. The predicted molar refractivity (Wildman–Crippen MR) is 85.1 cm³/mol. The van der Waals surface area contributed by atoms with E-state index in [0.29, 0.717) is 11.5 Å². The van der Waals surface area contributed by atoms with Crippen LogP contribution in [0.5, 0.6) is 0 Å². The van der Waals surface area contributed by atoms with Crippen LogP contribution >= 0.6 is 11.5 Å². The molecule has 0 aliphatic heterocycles. The standard InChI is InChI=1S/C12H24N4O2S2/c1-4-16(5-2)9-7-8-14-12-10(11(13)15-19-12)20(17,18)6-3/h14H,4-9H2,1-3H3,(H2,13,15). The van der Waals surface area contributed by atoms with Crippen LogP contribution in [0.4, 0.5) is 10.8 Å². The van der Waals surface area contributed by atoms with E-state index in [9.17, 15) is 8.42 Å². The van der Waals surface area contributed by atoms with Gasteiger partial charge in [0.05, 0.1) is 5.75 Å². The lowest BCUT2D eigenvalue weighted by atomic mass is 10.3. The molecular weight excluding hydrogens is 296 g/mol. The molecule has 0 amide bonds. The summed E-state index contributed by atoms with van der Waals surface area (Å²) in [5.41, 5.74) is 5.67. The first kappa shape index (κ1) is 17.2. The number of nitrogens with two attached hydrogens (primary N) is 1. The van der Waals surface area contributed by atoms with Gasteiger partial charge >= 0.3 is 0 Å². The number of rotatable bonds is 9. The molecule has 1 heterocycles. The van der Waals surface area contributed by atoms with Crippen molar-refractivity contribution in [3.05, 3.63) is 0 Å². The Kier molecular flexibility index (Phi) is 6.70. The first-order chi connectivity index (χ1) is 9.46. The van der Waals surface area contributed by atoms with Gasteiger partial charge in [-0.25, -0.2) is 8.42 Å². The van der Waals surface area contributed by atoms with Crippen molar-refractivity contribution in [2.75, 3.05) is 43.0 Å². The van der Waals surface area contributed by atoms with Crippen molar-refractivity contribution in [1.29, 1.82) is 0 Å². The van der Waals surface area contributed by atoms with Crippen LogP contribution in [0.2, 0.25) is 0 Å². The van der Waals surface area contributed by atoms with E-state index in [1.807, 2.05) is 0 Å². The zero-order chi connectivity index (χ0) is 15.2. The molecule has 3 N–H and O–H groups in total. The largest absolute Gasteiger partial charge is 0.382 e. The van der Waals surface area contributed by atoms with Gasteiger partial charge in [-0.3, -0.25) is 0 Å². The summed E-state index contributed by atoms with van der Waals surface area (Å²) in [6.07, 6.45) is 0.950. The molecule has 6 nitrogen and oxygen atoms in total. The lowest BCUT2D eigenvalue weighted by Gasteiger charge is -2.17. The molecule has 1 aromatic rings. The topological polar surface area (TPSA) is 88.3 Å². The second kappa shape index (κ2) is 7.80. The molecule has 1 rings (SSSR count). The lowest BCUT2D eigenvalue weighted by molar-refractivity contribution is 0.303. The van der Waals surface area contributed by atoms with Crippen LogP contribution in [0.15, 0.2) is 4.90 Å². The average Bonchev–Trinajstić information content (AvgIpc) is 2.81. The highest BCUT2D eigenvalue weighted by molar-refractivity contribution is 7.91. The van der Waals surface area contributed by atoms with Crippen LogP contribution in [-0.2, 0) is 9.84 Å². The number of nitrogens with zero attached hydrogens (tertiary/aromatic N) is 2. The Hall–Kier alpha value is -0.860. The van der Waals surface area contributed by atoms with Crippen molar-refractivity contribution in [3.63, 3.8) is 0 Å². The molecule has 0 atom stereocenters. The maximum Gasteiger partial charge on any atom is 0.184 e.